The highest BCUT2D eigenvalue weighted by Crippen LogP contribution is 2.05. The molecule has 0 bridgehead atoms. The lowest BCUT2D eigenvalue weighted by molar-refractivity contribution is 0.478. The third-order valence-corrected chi connectivity index (χ3v) is 3.08. The van der Waals surface area contributed by atoms with Crippen LogP contribution in [0.2, 0.25) is 0 Å². The van der Waals surface area contributed by atoms with Crippen molar-refractivity contribution < 1.29 is 0 Å². The number of hydrogen-bond acceptors (Lipinski definition) is 2. The summed E-state index contributed by atoms with van der Waals surface area (Å²) in [6.45, 7) is 9.16. The van der Waals surface area contributed by atoms with E-state index in [-0.39, 0.29) is 0 Å². The molecular weight excluding hydrogens is 166 g/mol. The lowest BCUT2D eigenvalue weighted by Crippen LogP contribution is -2.27. The highest BCUT2D eigenvalue weighted by Gasteiger charge is 2.01. The van der Waals surface area contributed by atoms with Crippen molar-refractivity contribution in [1.82, 2.24) is 5.32 Å². The van der Waals surface area contributed by atoms with Gasteiger partial charge in [-0.1, -0.05) is 27.2 Å². The molecule has 12 heavy (non-hydrogen) atoms. The lowest BCUT2D eigenvalue weighted by atomic mass is 10.1. The fraction of sp³-hybridized carbons (Fsp3) is 1.00. The summed E-state index contributed by atoms with van der Waals surface area (Å²) in [7, 11) is 0. The molecule has 0 rings (SSSR count). The van der Waals surface area contributed by atoms with Crippen molar-refractivity contribution in [3.63, 3.8) is 0 Å². The van der Waals surface area contributed by atoms with E-state index in [1.165, 1.54) is 19.4 Å². The van der Waals surface area contributed by atoms with Gasteiger partial charge in [-0.15, -0.1) is 0 Å². The van der Waals surface area contributed by atoms with Crippen LogP contribution >= 0.6 is 11.8 Å². The normalized spacial score (nSPS) is 16.0. The Balaban J connectivity index is 3.18. The van der Waals surface area contributed by atoms with E-state index in [0.717, 1.165) is 17.7 Å². The summed E-state index contributed by atoms with van der Waals surface area (Å²) in [6.07, 6.45) is 4.82. The maximum absolute atomic E-state index is 3.50. The minimum atomic E-state index is 0.749. The smallest absolute Gasteiger partial charge is 0.0141 e. The zero-order chi connectivity index (χ0) is 9.40. The Bertz CT molecular complexity index is 95.8. The molecule has 2 atom stereocenters. The molecule has 0 aromatic heterocycles. The van der Waals surface area contributed by atoms with Crippen LogP contribution in [0.4, 0.5) is 0 Å². The van der Waals surface area contributed by atoms with Gasteiger partial charge in [0, 0.05) is 11.8 Å². The van der Waals surface area contributed by atoms with Crippen molar-refractivity contribution >= 4 is 11.8 Å². The van der Waals surface area contributed by atoms with Gasteiger partial charge in [0.25, 0.3) is 0 Å². The fourth-order valence-electron chi connectivity index (χ4n) is 1.21. The molecule has 0 aliphatic heterocycles. The molecule has 0 aliphatic carbocycles. The summed E-state index contributed by atoms with van der Waals surface area (Å²) >= 11 is 1.93. The Morgan fingerprint density at radius 1 is 1.25 bits per heavy atom. The first-order chi connectivity index (χ1) is 5.70. The van der Waals surface area contributed by atoms with Crippen molar-refractivity contribution in [3.8, 4) is 0 Å². The second-order valence-corrected chi connectivity index (χ2v) is 4.87. The third-order valence-electron chi connectivity index (χ3n) is 2.11. The SMILES string of the molecule is CCCC(C)CNCC(C)SC. The van der Waals surface area contributed by atoms with Crippen molar-refractivity contribution in [3.05, 3.63) is 0 Å². The van der Waals surface area contributed by atoms with Crippen molar-refractivity contribution in [2.75, 3.05) is 19.3 Å². The topological polar surface area (TPSA) is 12.0 Å². The monoisotopic (exact) mass is 189 g/mol. The van der Waals surface area contributed by atoms with E-state index in [2.05, 4.69) is 32.3 Å². The molecule has 0 fully saturated rings. The van der Waals surface area contributed by atoms with E-state index in [9.17, 15) is 0 Å². The zero-order valence-electron chi connectivity index (χ0n) is 8.89. The first-order valence-electron chi connectivity index (χ1n) is 4.94. The van der Waals surface area contributed by atoms with Crippen LogP contribution in [0.1, 0.15) is 33.6 Å². The molecule has 2 unspecified atom stereocenters. The van der Waals surface area contributed by atoms with Crippen LogP contribution in [-0.4, -0.2) is 24.6 Å². The zero-order valence-corrected chi connectivity index (χ0v) is 9.71. The van der Waals surface area contributed by atoms with Gasteiger partial charge in [0.15, 0.2) is 0 Å². The molecule has 0 saturated carbocycles. The van der Waals surface area contributed by atoms with E-state index in [4.69, 9.17) is 0 Å². The van der Waals surface area contributed by atoms with Crippen LogP contribution in [-0.2, 0) is 0 Å². The number of hydrogen-bond donors (Lipinski definition) is 1. The van der Waals surface area contributed by atoms with E-state index in [0.29, 0.717) is 0 Å². The van der Waals surface area contributed by atoms with Crippen LogP contribution in [0, 0.1) is 5.92 Å². The molecule has 74 valence electrons. The van der Waals surface area contributed by atoms with Gasteiger partial charge in [-0.25, -0.2) is 0 Å². The number of nitrogens with one attached hydrogen (secondary N) is 1. The average Bonchev–Trinajstić information content (AvgIpc) is 2.04. The Kier molecular flexibility index (Phi) is 8.14. The molecule has 1 nitrogen and oxygen atoms in total. The second kappa shape index (κ2) is 7.93. The maximum Gasteiger partial charge on any atom is 0.0141 e. The van der Waals surface area contributed by atoms with Crippen LogP contribution in [0.15, 0.2) is 0 Å². The van der Waals surface area contributed by atoms with Crippen LogP contribution in [0.25, 0.3) is 0 Å². The van der Waals surface area contributed by atoms with Crippen LogP contribution in [0.3, 0.4) is 0 Å². The van der Waals surface area contributed by atoms with Gasteiger partial charge in [-0.05, 0) is 25.1 Å². The minimum Gasteiger partial charge on any atom is -0.315 e. The fourth-order valence-corrected chi connectivity index (χ4v) is 1.50. The molecule has 0 heterocycles. The van der Waals surface area contributed by atoms with Crippen LogP contribution in [0.5, 0.6) is 0 Å². The Morgan fingerprint density at radius 2 is 1.92 bits per heavy atom. The predicted molar refractivity (Wildman–Crippen MR) is 59.9 cm³/mol. The lowest BCUT2D eigenvalue weighted by Gasteiger charge is -2.13. The van der Waals surface area contributed by atoms with Gasteiger partial charge in [0.1, 0.15) is 0 Å². The molecule has 0 aliphatic rings. The maximum atomic E-state index is 3.50. The van der Waals surface area contributed by atoms with Gasteiger partial charge < -0.3 is 5.32 Å². The van der Waals surface area contributed by atoms with E-state index in [1.807, 2.05) is 11.8 Å². The molecule has 0 aromatic rings. The first-order valence-corrected chi connectivity index (χ1v) is 6.23. The van der Waals surface area contributed by atoms with E-state index >= 15 is 0 Å². The first kappa shape index (κ1) is 12.3. The molecule has 0 aromatic carbocycles. The molecule has 0 amide bonds. The standard InChI is InChI=1S/C10H23NS/c1-5-6-9(2)7-11-8-10(3)12-4/h9-11H,5-8H2,1-4H3. The quantitative estimate of drug-likeness (QED) is 0.661. The Morgan fingerprint density at radius 3 is 2.42 bits per heavy atom. The van der Waals surface area contributed by atoms with Gasteiger partial charge in [-0.3, -0.25) is 0 Å². The summed E-state index contributed by atoms with van der Waals surface area (Å²) in [5, 5.41) is 4.25. The van der Waals surface area contributed by atoms with Crippen molar-refractivity contribution in [2.45, 2.75) is 38.9 Å². The minimum absolute atomic E-state index is 0.749. The molecule has 1 N–H and O–H groups in total. The van der Waals surface area contributed by atoms with Gasteiger partial charge >= 0.3 is 0 Å². The largest absolute Gasteiger partial charge is 0.315 e. The van der Waals surface area contributed by atoms with Crippen molar-refractivity contribution in [1.29, 1.82) is 0 Å². The third kappa shape index (κ3) is 6.99. The predicted octanol–water partition coefficient (Wildman–Crippen LogP) is 2.76. The highest BCUT2D eigenvalue weighted by molar-refractivity contribution is 7.99. The van der Waals surface area contributed by atoms with E-state index < -0.39 is 0 Å². The molecule has 0 spiro atoms. The van der Waals surface area contributed by atoms with Crippen LogP contribution < -0.4 is 5.32 Å². The summed E-state index contributed by atoms with van der Waals surface area (Å²) in [5.74, 6) is 0.837. The van der Waals surface area contributed by atoms with Gasteiger partial charge in [0.2, 0.25) is 0 Å². The molecule has 0 radical (unpaired) electrons. The average molecular weight is 189 g/mol. The van der Waals surface area contributed by atoms with Gasteiger partial charge in [-0.2, -0.15) is 11.8 Å². The summed E-state index contributed by atoms with van der Waals surface area (Å²) in [6, 6.07) is 0. The van der Waals surface area contributed by atoms with E-state index in [1.54, 1.807) is 0 Å². The molecule has 0 saturated heterocycles. The Hall–Kier alpha value is 0.310. The number of rotatable bonds is 7. The van der Waals surface area contributed by atoms with Gasteiger partial charge in [0.05, 0.1) is 0 Å². The molecule has 2 heteroatoms. The Labute approximate surface area is 81.7 Å². The molecular formula is C10H23NS. The van der Waals surface area contributed by atoms with Crippen molar-refractivity contribution in [2.24, 2.45) is 5.92 Å². The highest BCUT2D eigenvalue weighted by atomic mass is 32.2. The summed E-state index contributed by atoms with van der Waals surface area (Å²) in [5.41, 5.74) is 0. The summed E-state index contributed by atoms with van der Waals surface area (Å²) < 4.78 is 0. The summed E-state index contributed by atoms with van der Waals surface area (Å²) in [4.78, 5) is 0. The second-order valence-electron chi connectivity index (χ2n) is 3.60. The number of thioether (sulfide) groups is 1.